The van der Waals surface area contributed by atoms with E-state index in [1.165, 1.54) is 28.6 Å². The molecular weight excluding hydrogens is 435 g/mol. The smallest absolute Gasteiger partial charge is 0.255 e. The number of ether oxygens (including phenoxy) is 1. The molecule has 2 aromatic rings. The van der Waals surface area contributed by atoms with Crippen molar-refractivity contribution in [3.05, 3.63) is 57.6 Å². The van der Waals surface area contributed by atoms with Gasteiger partial charge < -0.3 is 10.1 Å². The van der Waals surface area contributed by atoms with Crippen LogP contribution in [0.25, 0.3) is 0 Å². The number of nitrogens with one attached hydrogen (secondary N) is 1. The molecule has 1 aliphatic heterocycles. The summed E-state index contributed by atoms with van der Waals surface area (Å²) in [6, 6.07) is 9.19. The topological polar surface area (TPSA) is 75.7 Å². The van der Waals surface area contributed by atoms with Crippen molar-refractivity contribution < 1.29 is 17.9 Å². The predicted octanol–water partition coefficient (Wildman–Crippen LogP) is 4.35. The van der Waals surface area contributed by atoms with Crippen LogP contribution in [-0.2, 0) is 14.8 Å². The Kier molecular flexibility index (Phi) is 6.55. The second-order valence-electron chi connectivity index (χ2n) is 7.11. The van der Waals surface area contributed by atoms with E-state index in [1.807, 2.05) is 13.8 Å². The molecule has 1 N–H and O–H groups in total. The van der Waals surface area contributed by atoms with E-state index in [0.717, 1.165) is 5.56 Å². The average molecular weight is 457 g/mol. The zero-order valence-electron chi connectivity index (χ0n) is 16.3. The van der Waals surface area contributed by atoms with Crippen molar-refractivity contribution >= 4 is 44.8 Å². The molecule has 29 heavy (non-hydrogen) atoms. The van der Waals surface area contributed by atoms with Crippen molar-refractivity contribution in [2.45, 2.75) is 37.9 Å². The second kappa shape index (κ2) is 8.62. The Hall–Kier alpha value is -1.64. The molecule has 1 aliphatic rings. The van der Waals surface area contributed by atoms with Gasteiger partial charge in [-0.15, -0.1) is 0 Å². The molecule has 9 heteroatoms. The molecule has 1 fully saturated rings. The third-order valence-electron chi connectivity index (χ3n) is 4.66. The molecule has 2 aromatic carbocycles. The van der Waals surface area contributed by atoms with E-state index in [2.05, 4.69) is 5.32 Å². The number of carbonyl (C=O) groups excluding carboxylic acids is 1. The highest BCUT2D eigenvalue weighted by Gasteiger charge is 2.32. The average Bonchev–Trinajstić information content (AvgIpc) is 2.67. The van der Waals surface area contributed by atoms with Crippen molar-refractivity contribution in [1.82, 2.24) is 4.31 Å². The van der Waals surface area contributed by atoms with Gasteiger partial charge in [0, 0.05) is 18.7 Å². The summed E-state index contributed by atoms with van der Waals surface area (Å²) in [4.78, 5) is 12.7. The Morgan fingerprint density at radius 3 is 2.24 bits per heavy atom. The van der Waals surface area contributed by atoms with Crippen LogP contribution in [0, 0.1) is 6.92 Å². The number of nitrogens with zero attached hydrogens (tertiary/aromatic N) is 1. The SMILES string of the molecule is Cc1ccc(Cl)c(NC(=O)c2ccc(S(=O)(=O)N3C[C@@H](C)O[C@H](C)C3)cc2)c1Cl. The zero-order chi connectivity index (χ0) is 21.3. The lowest BCUT2D eigenvalue weighted by atomic mass is 10.2. The molecule has 1 heterocycles. The standard InChI is InChI=1S/C20H22Cl2N2O4S/c1-12-4-9-17(21)19(18(12)22)23-20(25)15-5-7-16(8-6-15)29(26,27)24-10-13(2)28-14(3)11-24/h4-9,13-14H,10-11H2,1-3H3,(H,23,25)/t13-,14-/m1/s1. The van der Waals surface area contributed by atoms with Crippen LogP contribution < -0.4 is 5.32 Å². The third kappa shape index (κ3) is 4.75. The molecule has 0 saturated carbocycles. The maximum Gasteiger partial charge on any atom is 0.255 e. The van der Waals surface area contributed by atoms with Gasteiger partial charge in [0.05, 0.1) is 32.8 Å². The molecule has 0 radical (unpaired) electrons. The summed E-state index contributed by atoms with van der Waals surface area (Å²) in [6.07, 6.45) is -0.357. The molecule has 6 nitrogen and oxygen atoms in total. The van der Waals surface area contributed by atoms with E-state index in [0.29, 0.717) is 34.4 Å². The number of carbonyl (C=O) groups is 1. The number of hydrogen-bond donors (Lipinski definition) is 1. The lowest BCUT2D eigenvalue weighted by Gasteiger charge is -2.34. The monoisotopic (exact) mass is 456 g/mol. The Balaban J connectivity index is 1.80. The van der Waals surface area contributed by atoms with Crippen molar-refractivity contribution in [2.75, 3.05) is 18.4 Å². The lowest BCUT2D eigenvalue weighted by molar-refractivity contribution is -0.0440. The Morgan fingerprint density at radius 2 is 1.66 bits per heavy atom. The fourth-order valence-electron chi connectivity index (χ4n) is 3.21. The maximum atomic E-state index is 12.9. The minimum absolute atomic E-state index is 0.127. The lowest BCUT2D eigenvalue weighted by Crippen LogP contribution is -2.48. The van der Waals surface area contributed by atoms with Crippen LogP contribution in [0.5, 0.6) is 0 Å². The molecule has 0 bridgehead atoms. The number of sulfonamides is 1. The maximum absolute atomic E-state index is 12.9. The highest BCUT2D eigenvalue weighted by atomic mass is 35.5. The summed E-state index contributed by atoms with van der Waals surface area (Å²) in [7, 11) is -3.67. The molecular formula is C20H22Cl2N2O4S. The van der Waals surface area contributed by atoms with E-state index >= 15 is 0 Å². The largest absolute Gasteiger partial charge is 0.373 e. The number of hydrogen-bond acceptors (Lipinski definition) is 4. The summed E-state index contributed by atoms with van der Waals surface area (Å²) < 4.78 is 32.8. The summed E-state index contributed by atoms with van der Waals surface area (Å²) in [6.45, 7) is 6.07. The number of amides is 1. The number of aryl methyl sites for hydroxylation is 1. The number of morpholine rings is 1. The Bertz CT molecular complexity index is 1020. The summed E-state index contributed by atoms with van der Waals surface area (Å²) in [5.41, 5.74) is 1.40. The van der Waals surface area contributed by atoms with E-state index in [9.17, 15) is 13.2 Å². The van der Waals surface area contributed by atoms with Crippen molar-refractivity contribution in [3.63, 3.8) is 0 Å². The normalized spacial score (nSPS) is 20.4. The molecule has 156 valence electrons. The van der Waals surface area contributed by atoms with Crippen LogP contribution in [0.4, 0.5) is 5.69 Å². The van der Waals surface area contributed by atoms with Crippen LogP contribution >= 0.6 is 23.2 Å². The molecule has 3 rings (SSSR count). The van der Waals surface area contributed by atoms with E-state index in [-0.39, 0.29) is 17.1 Å². The Morgan fingerprint density at radius 1 is 1.07 bits per heavy atom. The minimum Gasteiger partial charge on any atom is -0.373 e. The van der Waals surface area contributed by atoms with Crippen molar-refractivity contribution in [1.29, 1.82) is 0 Å². The van der Waals surface area contributed by atoms with Gasteiger partial charge in [-0.05, 0) is 56.7 Å². The minimum atomic E-state index is -3.67. The summed E-state index contributed by atoms with van der Waals surface area (Å²) in [5, 5.41) is 3.37. The summed E-state index contributed by atoms with van der Waals surface area (Å²) in [5.74, 6) is -0.433. The van der Waals surface area contributed by atoms with Gasteiger partial charge in [0.25, 0.3) is 5.91 Å². The predicted molar refractivity (Wildman–Crippen MR) is 114 cm³/mol. The second-order valence-corrected chi connectivity index (χ2v) is 9.83. The van der Waals surface area contributed by atoms with Crippen molar-refractivity contribution in [3.8, 4) is 0 Å². The van der Waals surface area contributed by atoms with Gasteiger partial charge in [0.15, 0.2) is 0 Å². The third-order valence-corrected chi connectivity index (χ3v) is 7.31. The molecule has 0 unspecified atom stereocenters. The first kappa shape index (κ1) is 22.1. The molecule has 0 aliphatic carbocycles. The number of halogens is 2. The van der Waals surface area contributed by atoms with Gasteiger partial charge in [-0.1, -0.05) is 29.3 Å². The van der Waals surface area contributed by atoms with Gasteiger partial charge in [0.2, 0.25) is 10.0 Å². The van der Waals surface area contributed by atoms with E-state index < -0.39 is 15.9 Å². The van der Waals surface area contributed by atoms with Gasteiger partial charge in [-0.25, -0.2) is 8.42 Å². The number of benzene rings is 2. The van der Waals surface area contributed by atoms with Gasteiger partial charge in [-0.3, -0.25) is 4.79 Å². The Labute approximate surface area is 180 Å². The van der Waals surface area contributed by atoms with Gasteiger partial charge in [0.1, 0.15) is 0 Å². The first-order chi connectivity index (χ1) is 13.6. The van der Waals surface area contributed by atoms with Crippen LogP contribution in [0.3, 0.4) is 0 Å². The fourth-order valence-corrected chi connectivity index (χ4v) is 5.27. The van der Waals surface area contributed by atoms with Crippen LogP contribution in [0.15, 0.2) is 41.3 Å². The van der Waals surface area contributed by atoms with Gasteiger partial charge in [-0.2, -0.15) is 4.31 Å². The highest BCUT2D eigenvalue weighted by molar-refractivity contribution is 7.89. The van der Waals surface area contributed by atoms with Gasteiger partial charge >= 0.3 is 0 Å². The van der Waals surface area contributed by atoms with E-state index in [1.54, 1.807) is 19.1 Å². The number of rotatable bonds is 4. The highest BCUT2D eigenvalue weighted by Crippen LogP contribution is 2.33. The molecule has 2 atom stereocenters. The number of anilines is 1. The first-order valence-corrected chi connectivity index (χ1v) is 11.3. The van der Waals surface area contributed by atoms with Crippen LogP contribution in [-0.4, -0.2) is 43.9 Å². The molecule has 1 saturated heterocycles. The van der Waals surface area contributed by atoms with E-state index in [4.69, 9.17) is 27.9 Å². The summed E-state index contributed by atoms with van der Waals surface area (Å²) >= 11 is 12.4. The molecule has 0 aromatic heterocycles. The first-order valence-electron chi connectivity index (χ1n) is 9.11. The fraction of sp³-hybridized carbons (Fsp3) is 0.350. The van der Waals surface area contributed by atoms with Crippen molar-refractivity contribution in [2.24, 2.45) is 0 Å². The molecule has 1 amide bonds. The molecule has 0 spiro atoms. The quantitative estimate of drug-likeness (QED) is 0.741. The van der Waals surface area contributed by atoms with Crippen LogP contribution in [0.1, 0.15) is 29.8 Å². The zero-order valence-corrected chi connectivity index (χ0v) is 18.6. The van der Waals surface area contributed by atoms with Crippen LogP contribution in [0.2, 0.25) is 10.0 Å².